The zero-order valence-electron chi connectivity index (χ0n) is 8.85. The second-order valence-electron chi connectivity index (χ2n) is 3.40. The predicted octanol–water partition coefficient (Wildman–Crippen LogP) is 3.02. The smallest absolute Gasteiger partial charge is 0.151 e. The molecule has 82 valence electrons. The van der Waals surface area contributed by atoms with Gasteiger partial charge >= 0.3 is 0 Å². The van der Waals surface area contributed by atoms with Crippen LogP contribution in [0.3, 0.4) is 0 Å². The molecule has 2 rings (SSSR count). The number of hydrogen-bond donors (Lipinski definition) is 0. The molecule has 0 amide bonds. The van der Waals surface area contributed by atoms with Crippen molar-refractivity contribution in [1.82, 2.24) is 10.2 Å². The monoisotopic (exact) mass is 234 g/mol. The van der Waals surface area contributed by atoms with E-state index in [0.29, 0.717) is 11.8 Å². The number of rotatable bonds is 3. The molecule has 0 fully saturated rings. The average molecular weight is 235 g/mol. The minimum atomic E-state index is 0.389. The molecular formula is C12H11ClN2O. The predicted molar refractivity (Wildman–Crippen MR) is 62.6 cm³/mol. The Bertz CT molecular complexity index is 471. The lowest BCUT2D eigenvalue weighted by atomic mass is 10.2. The Morgan fingerprint density at radius 3 is 2.62 bits per heavy atom. The van der Waals surface area contributed by atoms with Crippen LogP contribution in [0.2, 0.25) is 5.15 Å². The van der Waals surface area contributed by atoms with Gasteiger partial charge in [-0.3, -0.25) is 0 Å². The summed E-state index contributed by atoms with van der Waals surface area (Å²) in [5, 5.41) is 8.05. The molecule has 0 atom stereocenters. The molecule has 0 bridgehead atoms. The standard InChI is InChI=1S/C12H11ClN2O/c1-9-4-2-3-5-11(9)16-8-10-6-7-12(13)15-14-10/h2-7H,8H2,1H3. The Balaban J connectivity index is 2.02. The molecule has 3 nitrogen and oxygen atoms in total. The van der Waals surface area contributed by atoms with Crippen molar-refractivity contribution in [3.8, 4) is 5.75 Å². The van der Waals surface area contributed by atoms with Gasteiger partial charge in [0.25, 0.3) is 0 Å². The van der Waals surface area contributed by atoms with Crippen molar-refractivity contribution in [3.63, 3.8) is 0 Å². The van der Waals surface area contributed by atoms with Gasteiger partial charge in [0.1, 0.15) is 18.1 Å². The first-order chi connectivity index (χ1) is 7.75. The Labute approximate surface area is 99.0 Å². The molecule has 0 saturated heterocycles. The molecule has 16 heavy (non-hydrogen) atoms. The Kier molecular flexibility index (Phi) is 3.37. The number of para-hydroxylation sites is 1. The summed E-state index contributed by atoms with van der Waals surface area (Å²) in [6.07, 6.45) is 0. The van der Waals surface area contributed by atoms with Gasteiger partial charge in [-0.05, 0) is 30.7 Å². The maximum absolute atomic E-state index is 5.64. The molecule has 4 heteroatoms. The first-order valence-corrected chi connectivity index (χ1v) is 5.30. The van der Waals surface area contributed by atoms with Crippen LogP contribution in [0.25, 0.3) is 0 Å². The van der Waals surface area contributed by atoms with Gasteiger partial charge in [-0.1, -0.05) is 29.8 Å². The summed E-state index contributed by atoms with van der Waals surface area (Å²) in [5.41, 5.74) is 1.86. The summed E-state index contributed by atoms with van der Waals surface area (Å²) in [6, 6.07) is 11.3. The number of hydrogen-bond acceptors (Lipinski definition) is 3. The van der Waals surface area contributed by atoms with Gasteiger partial charge in [0, 0.05) is 0 Å². The molecule has 1 aromatic carbocycles. The van der Waals surface area contributed by atoms with E-state index in [9.17, 15) is 0 Å². The molecule has 0 spiro atoms. The van der Waals surface area contributed by atoms with E-state index in [0.717, 1.165) is 17.0 Å². The number of aromatic nitrogens is 2. The van der Waals surface area contributed by atoms with Crippen LogP contribution in [0.1, 0.15) is 11.3 Å². The molecule has 0 unspecified atom stereocenters. The maximum atomic E-state index is 5.64. The van der Waals surface area contributed by atoms with Crippen molar-refractivity contribution in [2.45, 2.75) is 13.5 Å². The van der Waals surface area contributed by atoms with Gasteiger partial charge in [0.2, 0.25) is 0 Å². The van der Waals surface area contributed by atoms with Crippen LogP contribution >= 0.6 is 11.6 Å². The van der Waals surface area contributed by atoms with E-state index in [1.54, 1.807) is 12.1 Å². The van der Waals surface area contributed by atoms with Crippen LogP contribution in [0.15, 0.2) is 36.4 Å². The number of aryl methyl sites for hydroxylation is 1. The molecule has 2 aromatic rings. The van der Waals surface area contributed by atoms with Crippen LogP contribution in [0, 0.1) is 6.92 Å². The Morgan fingerprint density at radius 1 is 1.12 bits per heavy atom. The number of benzene rings is 1. The molecule has 0 N–H and O–H groups in total. The lowest BCUT2D eigenvalue weighted by Gasteiger charge is -2.07. The highest BCUT2D eigenvalue weighted by atomic mass is 35.5. The van der Waals surface area contributed by atoms with E-state index in [-0.39, 0.29) is 0 Å². The fourth-order valence-corrected chi connectivity index (χ4v) is 1.39. The summed E-state index contributed by atoms with van der Waals surface area (Å²) in [5.74, 6) is 0.860. The zero-order chi connectivity index (χ0) is 11.4. The van der Waals surface area contributed by atoms with Crippen molar-refractivity contribution in [2.75, 3.05) is 0 Å². The molecule has 0 radical (unpaired) electrons. The first-order valence-electron chi connectivity index (χ1n) is 4.92. The van der Waals surface area contributed by atoms with Gasteiger partial charge < -0.3 is 4.74 Å². The lowest BCUT2D eigenvalue weighted by Crippen LogP contribution is -2.00. The Morgan fingerprint density at radius 2 is 1.94 bits per heavy atom. The summed E-state index contributed by atoms with van der Waals surface area (Å²) >= 11 is 5.64. The molecule has 0 aliphatic rings. The summed E-state index contributed by atoms with van der Waals surface area (Å²) in [4.78, 5) is 0. The van der Waals surface area contributed by atoms with Crippen molar-refractivity contribution in [1.29, 1.82) is 0 Å². The molecule has 0 aliphatic heterocycles. The topological polar surface area (TPSA) is 35.0 Å². The van der Waals surface area contributed by atoms with E-state index in [1.807, 2.05) is 31.2 Å². The minimum Gasteiger partial charge on any atom is -0.487 e. The van der Waals surface area contributed by atoms with Gasteiger partial charge in [0.05, 0.1) is 0 Å². The van der Waals surface area contributed by atoms with Gasteiger partial charge in [-0.2, -0.15) is 5.10 Å². The third kappa shape index (κ3) is 2.70. The number of nitrogens with zero attached hydrogens (tertiary/aromatic N) is 2. The fraction of sp³-hybridized carbons (Fsp3) is 0.167. The van der Waals surface area contributed by atoms with Gasteiger partial charge in [-0.25, -0.2) is 0 Å². The highest BCUT2D eigenvalue weighted by Gasteiger charge is 2.00. The number of ether oxygens (including phenoxy) is 1. The van der Waals surface area contributed by atoms with Crippen LogP contribution in [-0.4, -0.2) is 10.2 Å². The van der Waals surface area contributed by atoms with Crippen LogP contribution in [0.4, 0.5) is 0 Å². The Hall–Kier alpha value is -1.61. The average Bonchev–Trinajstić information content (AvgIpc) is 2.30. The van der Waals surface area contributed by atoms with E-state index in [4.69, 9.17) is 16.3 Å². The molecule has 1 aromatic heterocycles. The second-order valence-corrected chi connectivity index (χ2v) is 3.79. The van der Waals surface area contributed by atoms with Crippen LogP contribution in [0.5, 0.6) is 5.75 Å². The van der Waals surface area contributed by atoms with Crippen molar-refractivity contribution >= 4 is 11.6 Å². The minimum absolute atomic E-state index is 0.389. The van der Waals surface area contributed by atoms with Crippen LogP contribution < -0.4 is 4.74 Å². The van der Waals surface area contributed by atoms with Crippen molar-refractivity contribution < 1.29 is 4.74 Å². The van der Waals surface area contributed by atoms with Gasteiger partial charge in [0.15, 0.2) is 5.15 Å². The third-order valence-corrected chi connectivity index (χ3v) is 2.36. The molecular weight excluding hydrogens is 224 g/mol. The third-order valence-electron chi connectivity index (χ3n) is 2.16. The summed E-state index contributed by atoms with van der Waals surface area (Å²) in [7, 11) is 0. The molecule has 1 heterocycles. The van der Waals surface area contributed by atoms with Crippen molar-refractivity contribution in [2.24, 2.45) is 0 Å². The SMILES string of the molecule is Cc1ccccc1OCc1ccc(Cl)nn1. The first kappa shape index (κ1) is 10.9. The quantitative estimate of drug-likeness (QED) is 0.819. The highest BCUT2D eigenvalue weighted by Crippen LogP contribution is 2.17. The van der Waals surface area contributed by atoms with E-state index < -0.39 is 0 Å². The summed E-state index contributed by atoms with van der Waals surface area (Å²) in [6.45, 7) is 2.40. The molecule has 0 saturated carbocycles. The fourth-order valence-electron chi connectivity index (χ4n) is 1.29. The second kappa shape index (κ2) is 4.94. The zero-order valence-corrected chi connectivity index (χ0v) is 9.61. The highest BCUT2D eigenvalue weighted by molar-refractivity contribution is 6.29. The van der Waals surface area contributed by atoms with Crippen LogP contribution in [-0.2, 0) is 6.61 Å². The number of halogens is 1. The van der Waals surface area contributed by atoms with E-state index >= 15 is 0 Å². The van der Waals surface area contributed by atoms with E-state index in [2.05, 4.69) is 10.2 Å². The summed E-state index contributed by atoms with van der Waals surface area (Å²) < 4.78 is 5.62. The van der Waals surface area contributed by atoms with Gasteiger partial charge in [-0.15, -0.1) is 5.10 Å². The lowest BCUT2D eigenvalue weighted by molar-refractivity contribution is 0.298. The maximum Gasteiger partial charge on any atom is 0.151 e. The van der Waals surface area contributed by atoms with Crippen molar-refractivity contribution in [3.05, 3.63) is 52.8 Å². The molecule has 0 aliphatic carbocycles. The van der Waals surface area contributed by atoms with E-state index in [1.165, 1.54) is 0 Å². The largest absolute Gasteiger partial charge is 0.487 e. The normalized spacial score (nSPS) is 10.1.